The van der Waals surface area contributed by atoms with Gasteiger partial charge in [0.05, 0.1) is 0 Å². The number of hydrogen-bond donors (Lipinski definition) is 1. The van der Waals surface area contributed by atoms with Crippen LogP contribution in [-0.2, 0) is 10.2 Å². The summed E-state index contributed by atoms with van der Waals surface area (Å²) in [5.74, 6) is 0.171. The number of amides is 1. The maximum atomic E-state index is 12.0. The predicted octanol–water partition coefficient (Wildman–Crippen LogP) is 4.19. The summed E-state index contributed by atoms with van der Waals surface area (Å²) in [6, 6.07) is 8.43. The number of rotatable bonds is 2. The lowest BCUT2D eigenvalue weighted by atomic mass is 9.69. The molecule has 0 aliphatic carbocycles. The highest BCUT2D eigenvalue weighted by molar-refractivity contribution is 5.92. The number of carbonyl (C=O) groups is 1. The highest BCUT2D eigenvalue weighted by Crippen LogP contribution is 2.44. The standard InChI is InChI=1S/C20H30N2O/c1-19(2,3)10-13-22-14-11-20(12-15-22)9-8-18(23)21-17-7-5-4-6-16(17)20/h4-7H,8-15H2,1-3H3,(H,21,23). The molecule has 3 nitrogen and oxygen atoms in total. The maximum absolute atomic E-state index is 12.0. The van der Waals surface area contributed by atoms with E-state index in [1.807, 2.05) is 6.07 Å². The Morgan fingerprint density at radius 1 is 1.13 bits per heavy atom. The van der Waals surface area contributed by atoms with Crippen LogP contribution in [0.15, 0.2) is 24.3 Å². The van der Waals surface area contributed by atoms with E-state index in [1.165, 1.54) is 31.4 Å². The normalized spacial score (nSPS) is 21.6. The molecule has 1 amide bonds. The van der Waals surface area contributed by atoms with Gasteiger partial charge in [-0.25, -0.2) is 0 Å². The third-order valence-electron chi connectivity index (χ3n) is 5.59. The third kappa shape index (κ3) is 3.77. The number of para-hydroxylation sites is 1. The van der Waals surface area contributed by atoms with Crippen LogP contribution >= 0.6 is 0 Å². The predicted molar refractivity (Wildman–Crippen MR) is 95.7 cm³/mol. The van der Waals surface area contributed by atoms with Gasteiger partial charge in [0.2, 0.25) is 5.91 Å². The van der Waals surface area contributed by atoms with Gasteiger partial charge in [0, 0.05) is 17.5 Å². The van der Waals surface area contributed by atoms with Crippen molar-refractivity contribution >= 4 is 11.6 Å². The summed E-state index contributed by atoms with van der Waals surface area (Å²) in [6.45, 7) is 10.4. The molecule has 1 saturated heterocycles. The van der Waals surface area contributed by atoms with Crippen molar-refractivity contribution in [3.63, 3.8) is 0 Å². The van der Waals surface area contributed by atoms with E-state index < -0.39 is 0 Å². The monoisotopic (exact) mass is 314 g/mol. The molecule has 23 heavy (non-hydrogen) atoms. The molecule has 126 valence electrons. The van der Waals surface area contributed by atoms with Crippen LogP contribution in [0.2, 0.25) is 0 Å². The van der Waals surface area contributed by atoms with Crippen molar-refractivity contribution in [2.45, 2.75) is 58.3 Å². The van der Waals surface area contributed by atoms with Crippen LogP contribution in [0.4, 0.5) is 5.69 Å². The van der Waals surface area contributed by atoms with Crippen LogP contribution in [-0.4, -0.2) is 30.4 Å². The Hall–Kier alpha value is -1.35. The lowest BCUT2D eigenvalue weighted by Gasteiger charge is -2.42. The van der Waals surface area contributed by atoms with Crippen LogP contribution in [0.5, 0.6) is 0 Å². The van der Waals surface area contributed by atoms with Crippen molar-refractivity contribution < 1.29 is 4.79 Å². The van der Waals surface area contributed by atoms with Crippen LogP contribution in [0.1, 0.15) is 58.4 Å². The second kappa shape index (κ2) is 6.27. The first kappa shape index (κ1) is 16.5. The van der Waals surface area contributed by atoms with Crippen LogP contribution in [0.25, 0.3) is 0 Å². The highest BCUT2D eigenvalue weighted by Gasteiger charge is 2.39. The van der Waals surface area contributed by atoms with Crippen molar-refractivity contribution in [3.05, 3.63) is 29.8 Å². The van der Waals surface area contributed by atoms with Crippen LogP contribution in [0, 0.1) is 5.41 Å². The number of benzene rings is 1. The van der Waals surface area contributed by atoms with Crippen molar-refractivity contribution in [1.29, 1.82) is 0 Å². The third-order valence-corrected chi connectivity index (χ3v) is 5.59. The number of piperidine rings is 1. The van der Waals surface area contributed by atoms with Crippen molar-refractivity contribution in [2.24, 2.45) is 5.41 Å². The Labute approximate surface area is 140 Å². The summed E-state index contributed by atoms with van der Waals surface area (Å²) in [7, 11) is 0. The summed E-state index contributed by atoms with van der Waals surface area (Å²) < 4.78 is 0. The molecule has 2 heterocycles. The molecule has 0 unspecified atom stereocenters. The zero-order chi connectivity index (χ0) is 16.5. The molecule has 0 bridgehead atoms. The average molecular weight is 314 g/mol. The maximum Gasteiger partial charge on any atom is 0.224 e. The number of likely N-dealkylation sites (tertiary alicyclic amines) is 1. The largest absolute Gasteiger partial charge is 0.326 e. The molecule has 0 saturated carbocycles. The Morgan fingerprint density at radius 2 is 1.83 bits per heavy atom. The highest BCUT2D eigenvalue weighted by atomic mass is 16.1. The fourth-order valence-corrected chi connectivity index (χ4v) is 3.97. The summed E-state index contributed by atoms with van der Waals surface area (Å²) in [4.78, 5) is 14.6. The molecule has 2 aliphatic rings. The molecular weight excluding hydrogens is 284 g/mol. The van der Waals surface area contributed by atoms with Gasteiger partial charge in [-0.3, -0.25) is 4.79 Å². The topological polar surface area (TPSA) is 32.3 Å². The summed E-state index contributed by atoms with van der Waals surface area (Å²) in [6.07, 6.45) is 5.22. The Morgan fingerprint density at radius 3 is 2.52 bits per heavy atom. The van der Waals surface area contributed by atoms with Gasteiger partial charge in [0.15, 0.2) is 0 Å². The number of nitrogens with zero attached hydrogens (tertiary/aromatic N) is 1. The van der Waals surface area contributed by atoms with Gasteiger partial charge < -0.3 is 10.2 Å². The van der Waals surface area contributed by atoms with Crippen molar-refractivity contribution in [1.82, 2.24) is 4.90 Å². The summed E-state index contributed by atoms with van der Waals surface area (Å²) >= 11 is 0. The van der Waals surface area contributed by atoms with E-state index in [0.29, 0.717) is 11.8 Å². The molecule has 3 heteroatoms. The van der Waals surface area contributed by atoms with E-state index in [9.17, 15) is 4.79 Å². The summed E-state index contributed by atoms with van der Waals surface area (Å²) in [5, 5.41) is 3.10. The number of carbonyl (C=O) groups excluding carboxylic acids is 1. The quantitative estimate of drug-likeness (QED) is 0.888. The van der Waals surface area contributed by atoms with E-state index in [2.05, 4.69) is 49.2 Å². The van der Waals surface area contributed by atoms with Gasteiger partial charge in [0.1, 0.15) is 0 Å². The minimum atomic E-state index is 0.171. The number of nitrogens with one attached hydrogen (secondary N) is 1. The molecule has 3 rings (SSSR count). The molecular formula is C20H30N2O. The van der Waals surface area contributed by atoms with Crippen molar-refractivity contribution in [2.75, 3.05) is 25.0 Å². The van der Waals surface area contributed by atoms with E-state index in [1.54, 1.807) is 0 Å². The van der Waals surface area contributed by atoms with Gasteiger partial charge in [-0.2, -0.15) is 0 Å². The minimum absolute atomic E-state index is 0.171. The second-order valence-corrected chi connectivity index (χ2v) is 8.53. The fraction of sp³-hybridized carbons (Fsp3) is 0.650. The molecule has 0 atom stereocenters. The van der Waals surface area contributed by atoms with Gasteiger partial charge in [-0.05, 0) is 62.4 Å². The molecule has 1 aromatic carbocycles. The van der Waals surface area contributed by atoms with E-state index in [-0.39, 0.29) is 11.3 Å². The molecule has 1 N–H and O–H groups in total. The smallest absolute Gasteiger partial charge is 0.224 e. The van der Waals surface area contributed by atoms with Gasteiger partial charge in [-0.1, -0.05) is 39.0 Å². The Kier molecular flexibility index (Phi) is 4.50. The van der Waals surface area contributed by atoms with E-state index >= 15 is 0 Å². The van der Waals surface area contributed by atoms with Crippen LogP contribution < -0.4 is 5.32 Å². The molecule has 0 aromatic heterocycles. The summed E-state index contributed by atoms with van der Waals surface area (Å²) in [5.41, 5.74) is 2.99. The molecule has 0 radical (unpaired) electrons. The number of anilines is 1. The first-order valence-corrected chi connectivity index (χ1v) is 9.00. The van der Waals surface area contributed by atoms with Gasteiger partial charge >= 0.3 is 0 Å². The first-order valence-electron chi connectivity index (χ1n) is 9.00. The zero-order valence-electron chi connectivity index (χ0n) is 14.8. The fourth-order valence-electron chi connectivity index (χ4n) is 3.97. The Bertz CT molecular complexity index is 565. The SMILES string of the molecule is CC(C)(C)CCN1CCC2(CCC(=O)Nc3ccccc32)CC1. The molecule has 1 fully saturated rings. The minimum Gasteiger partial charge on any atom is -0.326 e. The lowest BCUT2D eigenvalue weighted by Crippen LogP contribution is -2.43. The molecule has 2 aliphatic heterocycles. The number of hydrogen-bond acceptors (Lipinski definition) is 2. The lowest BCUT2D eigenvalue weighted by molar-refractivity contribution is -0.116. The second-order valence-electron chi connectivity index (χ2n) is 8.53. The van der Waals surface area contributed by atoms with E-state index in [4.69, 9.17) is 0 Å². The molecule has 1 spiro atoms. The number of fused-ring (bicyclic) bond motifs is 2. The van der Waals surface area contributed by atoms with Crippen molar-refractivity contribution in [3.8, 4) is 0 Å². The molecule has 1 aromatic rings. The first-order chi connectivity index (χ1) is 10.9. The van der Waals surface area contributed by atoms with Gasteiger partial charge in [0.25, 0.3) is 0 Å². The van der Waals surface area contributed by atoms with Gasteiger partial charge in [-0.15, -0.1) is 0 Å². The van der Waals surface area contributed by atoms with E-state index in [0.717, 1.165) is 25.2 Å². The average Bonchev–Trinajstić information content (AvgIpc) is 2.64. The Balaban J connectivity index is 1.73. The zero-order valence-corrected chi connectivity index (χ0v) is 14.8. The van der Waals surface area contributed by atoms with Crippen LogP contribution in [0.3, 0.4) is 0 Å².